The van der Waals surface area contributed by atoms with Crippen LogP contribution in [0.1, 0.15) is 169 Å². The van der Waals surface area contributed by atoms with Gasteiger partial charge in [-0.25, -0.2) is 0 Å². The number of hydrogen-bond donors (Lipinski definition) is 0. The molecule has 14 rings (SSSR count). The number of hydrogen-bond acceptors (Lipinski definition) is 4. The summed E-state index contributed by atoms with van der Waals surface area (Å²) in [6, 6.07) is 54.7. The Morgan fingerprint density at radius 3 is 1.69 bits per heavy atom. The van der Waals surface area contributed by atoms with Gasteiger partial charge in [-0.1, -0.05) is 193 Å². The molecule has 1 aromatic heterocycles. The maximum absolute atomic E-state index is 7.68. The van der Waals surface area contributed by atoms with Gasteiger partial charge in [0.05, 0.1) is 16.8 Å². The lowest BCUT2D eigenvalue weighted by molar-refractivity contribution is 0.194. The molecule has 5 heteroatoms. The summed E-state index contributed by atoms with van der Waals surface area (Å²) in [7, 11) is 0. The molecule has 0 amide bonds. The molecular formula is C72H78BN3O. The largest absolute Gasteiger partial charge is 0.440 e. The zero-order chi connectivity index (χ0) is 53.6. The fraction of sp³-hybridized carbons (Fsp3) is 0.389. The van der Waals surface area contributed by atoms with Crippen LogP contribution < -0.4 is 31.1 Å². The van der Waals surface area contributed by atoms with E-state index in [1.54, 1.807) is 5.56 Å². The molecule has 0 radical (unpaired) electrons. The van der Waals surface area contributed by atoms with Crippen molar-refractivity contribution in [1.82, 2.24) is 0 Å². The molecule has 6 aliphatic rings. The van der Waals surface area contributed by atoms with E-state index < -0.39 is 0 Å². The Kier molecular flexibility index (Phi) is 10.2. The average molecular weight is 1010 g/mol. The highest BCUT2D eigenvalue weighted by Gasteiger charge is 2.63. The molecule has 77 heavy (non-hydrogen) atoms. The van der Waals surface area contributed by atoms with Crippen molar-refractivity contribution in [3.8, 4) is 22.3 Å². The Hall–Kier alpha value is -6.46. The molecule has 4 atom stereocenters. The summed E-state index contributed by atoms with van der Waals surface area (Å²) in [5, 5.41) is 1.22. The highest BCUT2D eigenvalue weighted by Crippen LogP contribution is 2.65. The Balaban J connectivity index is 1.14. The van der Waals surface area contributed by atoms with Gasteiger partial charge in [0, 0.05) is 55.7 Å². The monoisotopic (exact) mass is 1010 g/mol. The Labute approximate surface area is 460 Å². The third-order valence-electron chi connectivity index (χ3n) is 21.0. The first-order chi connectivity index (χ1) is 36.5. The van der Waals surface area contributed by atoms with E-state index in [2.05, 4.69) is 244 Å². The van der Waals surface area contributed by atoms with Gasteiger partial charge in [0.25, 0.3) is 6.71 Å². The average Bonchev–Trinajstić information content (AvgIpc) is 3.47. The summed E-state index contributed by atoms with van der Waals surface area (Å²) < 4.78 is 7.68. The van der Waals surface area contributed by atoms with E-state index in [0.717, 1.165) is 36.4 Å². The molecule has 0 spiro atoms. The van der Waals surface area contributed by atoms with Gasteiger partial charge in [-0.15, -0.1) is 0 Å². The van der Waals surface area contributed by atoms with Gasteiger partial charge in [0.2, 0.25) is 5.88 Å². The molecule has 5 heterocycles. The standard InChI is InChI=1S/C72H78BN3O/c1-66(2,3)48-29-32-57(52(39-48)46-26-18-15-19-27-46)74-59-43-51(75-58-31-28-47(45-24-16-14-17-25-45)38-54(58)69(10)34-20-22-36-71(69,75)12)44-60-63(59)73(62-53-40-49(67(4,5)6)30-33-61(53)77-65(62)74)56-42-50(68(7,8)9)41-55-64(56)76(60)72(13)37-23-21-35-70(55,72)11/h14-19,24-33,38-44H,20-23,34-37H2,1-13H3. The van der Waals surface area contributed by atoms with Crippen molar-refractivity contribution in [3.05, 3.63) is 167 Å². The summed E-state index contributed by atoms with van der Waals surface area (Å²) in [4.78, 5) is 8.41. The quantitative estimate of drug-likeness (QED) is 0.164. The Bertz CT molecular complexity index is 3760. The van der Waals surface area contributed by atoms with Crippen molar-refractivity contribution < 1.29 is 4.42 Å². The fourth-order valence-electron chi connectivity index (χ4n) is 16.1. The van der Waals surface area contributed by atoms with Gasteiger partial charge < -0.3 is 14.2 Å². The van der Waals surface area contributed by atoms with Crippen molar-refractivity contribution in [2.75, 3.05) is 14.7 Å². The van der Waals surface area contributed by atoms with Crippen LogP contribution in [0.25, 0.3) is 33.2 Å². The molecule has 4 aliphatic heterocycles. The van der Waals surface area contributed by atoms with Gasteiger partial charge in [0.1, 0.15) is 5.58 Å². The number of rotatable bonds is 4. The van der Waals surface area contributed by atoms with E-state index in [1.165, 1.54) is 127 Å². The minimum Gasteiger partial charge on any atom is -0.440 e. The molecular weight excluding hydrogens is 934 g/mol. The number of benzene rings is 7. The Morgan fingerprint density at radius 2 is 1.03 bits per heavy atom. The third-order valence-corrected chi connectivity index (χ3v) is 21.0. The molecule has 0 N–H and O–H groups in total. The van der Waals surface area contributed by atoms with Gasteiger partial charge in [0.15, 0.2) is 0 Å². The van der Waals surface area contributed by atoms with Crippen molar-refractivity contribution in [2.45, 2.75) is 180 Å². The molecule has 2 fully saturated rings. The molecule has 8 aromatic rings. The lowest BCUT2D eigenvalue weighted by atomic mass is 9.33. The summed E-state index contributed by atoms with van der Waals surface area (Å²) in [5.74, 6) is 0.937. The molecule has 0 saturated heterocycles. The molecule has 4 unspecified atom stereocenters. The zero-order valence-electron chi connectivity index (χ0n) is 48.3. The van der Waals surface area contributed by atoms with Crippen LogP contribution in [0.3, 0.4) is 0 Å². The van der Waals surface area contributed by atoms with Gasteiger partial charge in [-0.2, -0.15) is 0 Å². The van der Waals surface area contributed by atoms with E-state index in [9.17, 15) is 0 Å². The van der Waals surface area contributed by atoms with E-state index in [-0.39, 0.29) is 44.9 Å². The highest BCUT2D eigenvalue weighted by atomic mass is 16.4. The third kappa shape index (κ3) is 6.64. The highest BCUT2D eigenvalue weighted by molar-refractivity contribution is 7.01. The van der Waals surface area contributed by atoms with E-state index in [4.69, 9.17) is 4.42 Å². The van der Waals surface area contributed by atoms with Crippen molar-refractivity contribution in [2.24, 2.45) is 0 Å². The second kappa shape index (κ2) is 16.1. The maximum Gasteiger partial charge on any atom is 0.257 e. The molecule has 7 aromatic carbocycles. The summed E-state index contributed by atoms with van der Waals surface area (Å²) >= 11 is 0. The molecule has 390 valence electrons. The predicted octanol–water partition coefficient (Wildman–Crippen LogP) is 17.8. The van der Waals surface area contributed by atoms with Crippen LogP contribution in [0.5, 0.6) is 0 Å². The minimum absolute atomic E-state index is 0.0544. The van der Waals surface area contributed by atoms with Crippen LogP contribution in [0.15, 0.2) is 144 Å². The van der Waals surface area contributed by atoms with Crippen LogP contribution in [0.4, 0.5) is 40.0 Å². The topological polar surface area (TPSA) is 22.9 Å². The van der Waals surface area contributed by atoms with Gasteiger partial charge in [-0.3, -0.25) is 4.90 Å². The first-order valence-electron chi connectivity index (χ1n) is 29.3. The summed E-state index contributed by atoms with van der Waals surface area (Å²) in [6.45, 7) is 31.8. The SMILES string of the molecule is CC(C)(C)c1ccc(N2c3cc(N4c5ccc(-c6ccccc6)cc5C5(C)CCCCC45C)cc4c3B(c3cc(C(C)(C)C)cc5c3N4C3(C)CCCCC53C)c3c2oc2ccc(C(C)(C)C)cc32)c(-c2ccccc2)c1. The smallest absolute Gasteiger partial charge is 0.257 e. The second-order valence-corrected chi connectivity index (χ2v) is 28.4. The van der Waals surface area contributed by atoms with E-state index in [0.29, 0.717) is 0 Å². The van der Waals surface area contributed by atoms with Crippen molar-refractivity contribution in [1.29, 1.82) is 0 Å². The van der Waals surface area contributed by atoms with Gasteiger partial charge in [-0.05, 0) is 160 Å². The first-order valence-corrected chi connectivity index (χ1v) is 29.3. The van der Waals surface area contributed by atoms with Gasteiger partial charge >= 0.3 is 0 Å². The minimum atomic E-state index is -0.173. The van der Waals surface area contributed by atoms with E-state index in [1.807, 2.05) is 0 Å². The first kappa shape index (κ1) is 48.9. The van der Waals surface area contributed by atoms with Crippen molar-refractivity contribution in [3.63, 3.8) is 0 Å². The number of furan rings is 1. The molecule has 0 bridgehead atoms. The number of nitrogens with zero attached hydrogens (tertiary/aromatic N) is 3. The predicted molar refractivity (Wildman–Crippen MR) is 328 cm³/mol. The maximum atomic E-state index is 7.68. The lowest BCUT2D eigenvalue weighted by Crippen LogP contribution is -2.64. The molecule has 2 saturated carbocycles. The number of fused-ring (bicyclic) bond motifs is 12. The van der Waals surface area contributed by atoms with E-state index >= 15 is 0 Å². The zero-order valence-corrected chi connectivity index (χ0v) is 48.3. The van der Waals surface area contributed by atoms with Crippen LogP contribution in [0.2, 0.25) is 0 Å². The normalized spacial score (nSPS) is 24.1. The Morgan fingerprint density at radius 1 is 0.455 bits per heavy atom. The molecule has 2 aliphatic carbocycles. The fourth-order valence-corrected chi connectivity index (χ4v) is 16.1. The molecule has 4 nitrogen and oxygen atoms in total. The number of anilines is 7. The van der Waals surface area contributed by atoms with Crippen LogP contribution >= 0.6 is 0 Å². The van der Waals surface area contributed by atoms with Crippen molar-refractivity contribution >= 4 is 74.1 Å². The summed E-state index contributed by atoms with van der Waals surface area (Å²) in [6.07, 6.45) is 9.51. The van der Waals surface area contributed by atoms with Crippen LogP contribution in [0, 0.1) is 0 Å². The van der Waals surface area contributed by atoms with Crippen LogP contribution in [-0.4, -0.2) is 17.8 Å². The lowest BCUT2D eigenvalue weighted by Gasteiger charge is -2.53. The second-order valence-electron chi connectivity index (χ2n) is 28.4. The van der Waals surface area contributed by atoms with Crippen LogP contribution in [-0.2, 0) is 27.1 Å². The summed E-state index contributed by atoms with van der Waals surface area (Å²) in [5.41, 5.74) is 24.4.